The summed E-state index contributed by atoms with van der Waals surface area (Å²) in [5.41, 5.74) is 1.48. The highest BCUT2D eigenvalue weighted by Gasteiger charge is 2.33. The predicted octanol–water partition coefficient (Wildman–Crippen LogP) is 3.00. The molecule has 1 unspecified atom stereocenters. The number of carbonyl (C=O) groups excluding carboxylic acids is 2. The standard InChI is InChI=1S/C28H32FN3O6S/c1-30-28(34)25(16-20-8-6-5-7-9-20)31(18-21-10-12-22(29)13-11-21)27(33)19-32(39(4,35)36)24-17-23(37-2)14-15-26(24)38-3/h5-15,17,25H,16,18-19H2,1-4H3,(H,30,34). The van der Waals surface area contributed by atoms with Gasteiger partial charge in [-0.3, -0.25) is 13.9 Å². The number of hydrogen-bond donors (Lipinski definition) is 1. The van der Waals surface area contributed by atoms with Crippen LogP contribution in [0.3, 0.4) is 0 Å². The first-order valence-electron chi connectivity index (χ1n) is 12.1. The van der Waals surface area contributed by atoms with Gasteiger partial charge in [-0.2, -0.15) is 0 Å². The van der Waals surface area contributed by atoms with E-state index in [4.69, 9.17) is 9.47 Å². The van der Waals surface area contributed by atoms with E-state index in [1.54, 1.807) is 6.07 Å². The minimum Gasteiger partial charge on any atom is -0.497 e. The van der Waals surface area contributed by atoms with E-state index in [2.05, 4.69) is 5.32 Å². The molecule has 0 aliphatic heterocycles. The molecule has 0 saturated carbocycles. The number of carbonyl (C=O) groups is 2. The van der Waals surface area contributed by atoms with Crippen LogP contribution in [0.4, 0.5) is 10.1 Å². The number of nitrogens with zero attached hydrogens (tertiary/aromatic N) is 2. The topological polar surface area (TPSA) is 105 Å². The molecule has 1 N–H and O–H groups in total. The zero-order valence-corrected chi connectivity index (χ0v) is 23.1. The van der Waals surface area contributed by atoms with Crippen molar-refractivity contribution in [1.29, 1.82) is 0 Å². The Hall–Kier alpha value is -4.12. The fourth-order valence-electron chi connectivity index (χ4n) is 4.09. The van der Waals surface area contributed by atoms with Gasteiger partial charge in [0.05, 0.1) is 26.2 Å². The molecule has 3 aromatic carbocycles. The number of anilines is 1. The zero-order chi connectivity index (χ0) is 28.6. The van der Waals surface area contributed by atoms with Gasteiger partial charge in [-0.15, -0.1) is 0 Å². The summed E-state index contributed by atoms with van der Waals surface area (Å²) in [6.45, 7) is -0.678. The summed E-state index contributed by atoms with van der Waals surface area (Å²) in [4.78, 5) is 28.4. The average Bonchev–Trinajstić information content (AvgIpc) is 2.93. The lowest BCUT2D eigenvalue weighted by Crippen LogP contribution is -2.52. The van der Waals surface area contributed by atoms with Crippen molar-refractivity contribution >= 4 is 27.5 Å². The van der Waals surface area contributed by atoms with Crippen molar-refractivity contribution in [3.63, 3.8) is 0 Å². The molecule has 1 atom stereocenters. The molecule has 9 nitrogen and oxygen atoms in total. The highest BCUT2D eigenvalue weighted by Crippen LogP contribution is 2.34. The molecule has 0 aromatic heterocycles. The predicted molar refractivity (Wildman–Crippen MR) is 147 cm³/mol. The first-order valence-corrected chi connectivity index (χ1v) is 13.9. The minimum atomic E-state index is -3.99. The monoisotopic (exact) mass is 557 g/mol. The Labute approximate surface area is 228 Å². The fourth-order valence-corrected chi connectivity index (χ4v) is 4.94. The van der Waals surface area contributed by atoms with Gasteiger partial charge >= 0.3 is 0 Å². The van der Waals surface area contributed by atoms with Gasteiger partial charge in [0.15, 0.2) is 0 Å². The Morgan fingerprint density at radius 3 is 2.18 bits per heavy atom. The Kier molecular flexibility index (Phi) is 9.89. The highest BCUT2D eigenvalue weighted by atomic mass is 32.2. The third-order valence-electron chi connectivity index (χ3n) is 6.12. The van der Waals surface area contributed by atoms with Crippen molar-refractivity contribution in [2.75, 3.05) is 38.4 Å². The number of ether oxygens (including phenoxy) is 2. The van der Waals surface area contributed by atoms with E-state index >= 15 is 0 Å². The second kappa shape index (κ2) is 13.1. The van der Waals surface area contributed by atoms with Crippen molar-refractivity contribution in [1.82, 2.24) is 10.2 Å². The number of halogens is 1. The number of methoxy groups -OCH3 is 2. The lowest BCUT2D eigenvalue weighted by molar-refractivity contribution is -0.139. The van der Waals surface area contributed by atoms with Gasteiger partial charge in [0.2, 0.25) is 21.8 Å². The maximum Gasteiger partial charge on any atom is 0.244 e. The summed E-state index contributed by atoms with van der Waals surface area (Å²) >= 11 is 0. The maximum atomic E-state index is 13.9. The molecule has 39 heavy (non-hydrogen) atoms. The number of amides is 2. The van der Waals surface area contributed by atoms with Crippen LogP contribution < -0.4 is 19.1 Å². The second-order valence-electron chi connectivity index (χ2n) is 8.78. The summed E-state index contributed by atoms with van der Waals surface area (Å²) in [6.07, 6.45) is 1.15. The summed E-state index contributed by atoms with van der Waals surface area (Å²) in [5.74, 6) is -0.941. The van der Waals surface area contributed by atoms with Gasteiger partial charge < -0.3 is 19.7 Å². The van der Waals surface area contributed by atoms with E-state index in [9.17, 15) is 22.4 Å². The molecule has 0 radical (unpaired) electrons. The Morgan fingerprint density at radius 2 is 1.62 bits per heavy atom. The number of sulfonamides is 1. The normalized spacial score (nSPS) is 11.8. The Balaban J connectivity index is 2.07. The fraction of sp³-hybridized carbons (Fsp3) is 0.286. The first-order chi connectivity index (χ1) is 18.6. The van der Waals surface area contributed by atoms with E-state index in [1.807, 2.05) is 30.3 Å². The highest BCUT2D eigenvalue weighted by molar-refractivity contribution is 7.92. The van der Waals surface area contributed by atoms with Crippen LogP contribution >= 0.6 is 0 Å². The van der Waals surface area contributed by atoms with Gasteiger partial charge in [-0.25, -0.2) is 12.8 Å². The van der Waals surface area contributed by atoms with Gasteiger partial charge in [0.1, 0.15) is 29.9 Å². The van der Waals surface area contributed by atoms with Crippen molar-refractivity contribution in [2.24, 2.45) is 0 Å². The molecule has 11 heteroatoms. The van der Waals surface area contributed by atoms with E-state index in [-0.39, 0.29) is 24.4 Å². The van der Waals surface area contributed by atoms with Crippen molar-refractivity contribution in [2.45, 2.75) is 19.0 Å². The van der Waals surface area contributed by atoms with Crippen LogP contribution in [0, 0.1) is 5.82 Å². The summed E-state index contributed by atoms with van der Waals surface area (Å²) < 4.78 is 51.0. The number of hydrogen-bond acceptors (Lipinski definition) is 6. The van der Waals surface area contributed by atoms with Gasteiger partial charge in [0.25, 0.3) is 0 Å². The minimum absolute atomic E-state index is 0.0586. The summed E-state index contributed by atoms with van der Waals surface area (Å²) in [5, 5.41) is 2.60. The summed E-state index contributed by atoms with van der Waals surface area (Å²) in [6, 6.07) is 18.3. The second-order valence-corrected chi connectivity index (χ2v) is 10.7. The molecule has 3 rings (SSSR count). The van der Waals surface area contributed by atoms with Crippen molar-refractivity contribution in [3.05, 3.63) is 89.7 Å². The van der Waals surface area contributed by atoms with E-state index < -0.39 is 40.2 Å². The average molecular weight is 558 g/mol. The molecule has 0 aliphatic rings. The first kappa shape index (κ1) is 29.4. The lowest BCUT2D eigenvalue weighted by atomic mass is 10.0. The lowest BCUT2D eigenvalue weighted by Gasteiger charge is -2.33. The Morgan fingerprint density at radius 1 is 0.949 bits per heavy atom. The number of benzene rings is 3. The quantitative estimate of drug-likeness (QED) is 0.367. The Bertz CT molecular complexity index is 1380. The third kappa shape index (κ3) is 7.70. The maximum absolute atomic E-state index is 13.9. The number of nitrogens with one attached hydrogen (secondary N) is 1. The van der Waals surface area contributed by atoms with E-state index in [0.29, 0.717) is 11.3 Å². The molecule has 208 valence electrons. The molecule has 0 heterocycles. The molecule has 0 saturated heterocycles. The zero-order valence-electron chi connectivity index (χ0n) is 22.3. The van der Waals surface area contributed by atoms with Crippen LogP contribution in [0.5, 0.6) is 11.5 Å². The summed E-state index contributed by atoms with van der Waals surface area (Å²) in [7, 11) is 0.289. The SMILES string of the molecule is CNC(=O)C(Cc1ccccc1)N(Cc1ccc(F)cc1)C(=O)CN(c1cc(OC)ccc1OC)S(C)(=O)=O. The van der Waals surface area contributed by atoms with Gasteiger partial charge in [0, 0.05) is 26.1 Å². The molecule has 3 aromatic rings. The molecular formula is C28H32FN3O6S. The van der Waals surface area contributed by atoms with Gasteiger partial charge in [-0.05, 0) is 35.4 Å². The van der Waals surface area contributed by atoms with E-state index in [0.717, 1.165) is 16.1 Å². The number of likely N-dealkylation sites (N-methyl/N-ethyl adjacent to an activating group) is 1. The van der Waals surface area contributed by atoms with E-state index in [1.165, 1.54) is 62.6 Å². The smallest absolute Gasteiger partial charge is 0.244 e. The largest absolute Gasteiger partial charge is 0.497 e. The number of rotatable bonds is 12. The van der Waals surface area contributed by atoms with Crippen LogP contribution in [0.25, 0.3) is 0 Å². The van der Waals surface area contributed by atoms with Crippen molar-refractivity contribution in [3.8, 4) is 11.5 Å². The third-order valence-corrected chi connectivity index (χ3v) is 7.24. The van der Waals surface area contributed by atoms with Crippen LogP contribution in [0.2, 0.25) is 0 Å². The van der Waals surface area contributed by atoms with Crippen LogP contribution in [0.15, 0.2) is 72.8 Å². The molecule has 0 spiro atoms. The van der Waals surface area contributed by atoms with Crippen LogP contribution in [-0.2, 0) is 32.6 Å². The van der Waals surface area contributed by atoms with Crippen LogP contribution in [-0.4, -0.2) is 65.2 Å². The molecule has 0 bridgehead atoms. The molecule has 2 amide bonds. The van der Waals surface area contributed by atoms with Crippen molar-refractivity contribution < 1.29 is 31.9 Å². The molecule has 0 aliphatic carbocycles. The van der Waals surface area contributed by atoms with Gasteiger partial charge in [-0.1, -0.05) is 42.5 Å². The molecule has 0 fully saturated rings. The van der Waals surface area contributed by atoms with Crippen LogP contribution in [0.1, 0.15) is 11.1 Å². The molecular weight excluding hydrogens is 525 g/mol.